The largest absolute Gasteiger partial charge is 0.464 e. The van der Waals surface area contributed by atoms with E-state index in [1.807, 2.05) is 0 Å². The summed E-state index contributed by atoms with van der Waals surface area (Å²) in [6.07, 6.45) is -5.46. The molecule has 1 aromatic carbocycles. The molecule has 0 saturated carbocycles. The number of carbonyl (C=O) groups excluding carboxylic acids is 2. The standard InChI is InChI=1S/C20H20F6N4O3.ClH/c1-9-17-16(18(32)33-2)28-19(20(24,25)26)30(17)4-3-29(9)15(31)7-11(27)5-10-6-13(22)14(23)8-12(10)21;/h6,8-9,11H,3-5,7,27H2,1-2H3;1H/t9-,11?;/m0./s1. The van der Waals surface area contributed by atoms with Gasteiger partial charge in [0.05, 0.1) is 18.8 Å². The summed E-state index contributed by atoms with van der Waals surface area (Å²) in [4.78, 5) is 29.5. The highest BCUT2D eigenvalue weighted by atomic mass is 35.5. The number of ether oxygens (including phenoxy) is 1. The molecule has 1 aliphatic heterocycles. The maximum atomic E-state index is 13.9. The Morgan fingerprint density at radius 3 is 2.38 bits per heavy atom. The molecule has 1 aliphatic rings. The van der Waals surface area contributed by atoms with Gasteiger partial charge in [-0.3, -0.25) is 4.79 Å². The van der Waals surface area contributed by atoms with E-state index >= 15 is 0 Å². The van der Waals surface area contributed by atoms with Crippen molar-refractivity contribution in [2.24, 2.45) is 5.73 Å². The minimum absolute atomic E-state index is 0. The molecule has 1 amide bonds. The van der Waals surface area contributed by atoms with E-state index in [1.54, 1.807) is 0 Å². The van der Waals surface area contributed by atoms with E-state index in [-0.39, 0.29) is 49.6 Å². The summed E-state index contributed by atoms with van der Waals surface area (Å²) in [5.74, 6) is -6.58. The van der Waals surface area contributed by atoms with Crippen molar-refractivity contribution in [2.75, 3.05) is 13.7 Å². The Morgan fingerprint density at radius 1 is 1.18 bits per heavy atom. The average Bonchev–Trinajstić information content (AvgIpc) is 3.12. The van der Waals surface area contributed by atoms with Crippen molar-refractivity contribution in [3.05, 3.63) is 52.4 Å². The van der Waals surface area contributed by atoms with Crippen LogP contribution in [-0.2, 0) is 28.7 Å². The minimum atomic E-state index is -4.83. The van der Waals surface area contributed by atoms with Crippen LogP contribution in [0.1, 0.15) is 47.0 Å². The summed E-state index contributed by atoms with van der Waals surface area (Å²) in [5, 5.41) is 0. The van der Waals surface area contributed by atoms with Gasteiger partial charge in [-0.15, -0.1) is 12.4 Å². The maximum absolute atomic E-state index is 13.9. The number of fused-ring (bicyclic) bond motifs is 1. The van der Waals surface area contributed by atoms with Crippen LogP contribution in [0.5, 0.6) is 0 Å². The lowest BCUT2D eigenvalue weighted by molar-refractivity contribution is -0.148. The molecular formula is C20H21ClF6N4O3. The van der Waals surface area contributed by atoms with Gasteiger partial charge in [0.25, 0.3) is 0 Å². The smallest absolute Gasteiger partial charge is 0.449 e. The van der Waals surface area contributed by atoms with Crippen LogP contribution in [-0.4, -0.2) is 46.0 Å². The van der Waals surface area contributed by atoms with Crippen molar-refractivity contribution in [1.82, 2.24) is 14.5 Å². The first kappa shape index (κ1) is 27.4. The van der Waals surface area contributed by atoms with Crippen molar-refractivity contribution in [1.29, 1.82) is 0 Å². The lowest BCUT2D eigenvalue weighted by atomic mass is 10.0. The molecular weight excluding hydrogens is 494 g/mol. The lowest BCUT2D eigenvalue weighted by Gasteiger charge is -2.36. The Morgan fingerprint density at radius 2 is 1.79 bits per heavy atom. The number of nitrogens with zero attached hydrogens (tertiary/aromatic N) is 3. The molecule has 14 heteroatoms. The monoisotopic (exact) mass is 514 g/mol. The van der Waals surface area contributed by atoms with Gasteiger partial charge >= 0.3 is 12.1 Å². The Kier molecular flexibility index (Phi) is 8.25. The number of nitrogens with two attached hydrogens (primary N) is 1. The van der Waals surface area contributed by atoms with Gasteiger partial charge in [-0.1, -0.05) is 0 Å². The number of methoxy groups -OCH3 is 1. The first-order valence-corrected chi connectivity index (χ1v) is 9.79. The molecule has 3 rings (SSSR count). The topological polar surface area (TPSA) is 90.5 Å². The van der Waals surface area contributed by atoms with E-state index in [2.05, 4.69) is 9.72 Å². The van der Waals surface area contributed by atoms with E-state index in [0.717, 1.165) is 11.7 Å². The molecule has 2 N–H and O–H groups in total. The maximum Gasteiger partial charge on any atom is 0.449 e. The number of imidazole rings is 1. The molecule has 0 saturated heterocycles. The van der Waals surface area contributed by atoms with Crippen molar-refractivity contribution in [3.63, 3.8) is 0 Å². The van der Waals surface area contributed by atoms with Crippen LogP contribution in [0.4, 0.5) is 26.3 Å². The quantitative estimate of drug-likeness (QED) is 0.375. The van der Waals surface area contributed by atoms with Crippen molar-refractivity contribution >= 4 is 24.3 Å². The predicted octanol–water partition coefficient (Wildman–Crippen LogP) is 3.39. The number of hydrogen-bond acceptors (Lipinski definition) is 5. The molecule has 34 heavy (non-hydrogen) atoms. The molecule has 2 atom stereocenters. The number of amides is 1. The van der Waals surface area contributed by atoms with Crippen LogP contribution in [0.25, 0.3) is 0 Å². The Bertz CT molecular complexity index is 1090. The zero-order valence-electron chi connectivity index (χ0n) is 18.0. The van der Waals surface area contributed by atoms with Gasteiger partial charge in [-0.2, -0.15) is 13.2 Å². The van der Waals surface area contributed by atoms with E-state index in [4.69, 9.17) is 5.73 Å². The average molecular weight is 515 g/mol. The van der Waals surface area contributed by atoms with E-state index in [1.165, 1.54) is 11.8 Å². The zero-order valence-corrected chi connectivity index (χ0v) is 18.8. The van der Waals surface area contributed by atoms with Crippen LogP contribution in [0.2, 0.25) is 0 Å². The second kappa shape index (κ2) is 10.2. The van der Waals surface area contributed by atoms with Gasteiger partial charge in [-0.25, -0.2) is 22.9 Å². The molecule has 0 radical (unpaired) electrons. The fourth-order valence-corrected chi connectivity index (χ4v) is 3.88. The van der Waals surface area contributed by atoms with E-state index in [0.29, 0.717) is 12.1 Å². The summed E-state index contributed by atoms with van der Waals surface area (Å²) < 4.78 is 85.9. The molecule has 1 aromatic heterocycles. The summed E-state index contributed by atoms with van der Waals surface area (Å²) in [6.45, 7) is 1.02. The van der Waals surface area contributed by atoms with Crippen molar-refractivity contribution < 1.29 is 40.7 Å². The van der Waals surface area contributed by atoms with E-state index < -0.39 is 59.1 Å². The van der Waals surface area contributed by atoms with Crippen LogP contribution < -0.4 is 5.73 Å². The number of aromatic nitrogens is 2. The zero-order chi connectivity index (χ0) is 24.7. The normalized spacial score (nSPS) is 16.5. The van der Waals surface area contributed by atoms with E-state index in [9.17, 15) is 35.9 Å². The first-order valence-electron chi connectivity index (χ1n) is 9.79. The van der Waals surface area contributed by atoms with Crippen LogP contribution in [0, 0.1) is 17.5 Å². The van der Waals surface area contributed by atoms with Gasteiger partial charge in [0.1, 0.15) is 5.82 Å². The van der Waals surface area contributed by atoms with Gasteiger partial charge in [0.2, 0.25) is 11.7 Å². The number of halogens is 7. The molecule has 2 heterocycles. The fourth-order valence-electron chi connectivity index (χ4n) is 3.88. The Hall–Kier alpha value is -2.80. The highest BCUT2D eigenvalue weighted by Gasteiger charge is 2.44. The molecule has 1 unspecified atom stereocenters. The molecule has 0 aliphatic carbocycles. The van der Waals surface area contributed by atoms with Gasteiger partial charge in [-0.05, 0) is 25.0 Å². The third-order valence-corrected chi connectivity index (χ3v) is 5.40. The SMILES string of the molecule is COC(=O)c1nc(C(F)(F)F)n2c1[C@H](C)N(C(=O)CC(N)Cc1cc(F)c(F)cc1F)CC2.Cl. The fraction of sp³-hybridized carbons (Fsp3) is 0.450. The van der Waals surface area contributed by atoms with Gasteiger partial charge < -0.3 is 19.9 Å². The Balaban J connectivity index is 0.00000408. The van der Waals surface area contributed by atoms with Crippen molar-refractivity contribution in [3.8, 4) is 0 Å². The Labute approximate surface area is 196 Å². The molecule has 0 fully saturated rings. The second-order valence-electron chi connectivity index (χ2n) is 7.60. The second-order valence-corrected chi connectivity index (χ2v) is 7.60. The number of benzene rings is 1. The number of rotatable bonds is 5. The summed E-state index contributed by atoms with van der Waals surface area (Å²) in [6, 6.07) is -0.934. The predicted molar refractivity (Wildman–Crippen MR) is 109 cm³/mol. The number of esters is 1. The van der Waals surface area contributed by atoms with Gasteiger partial charge in [0, 0.05) is 31.6 Å². The first-order chi connectivity index (χ1) is 15.3. The third-order valence-electron chi connectivity index (χ3n) is 5.40. The molecule has 0 spiro atoms. The number of alkyl halides is 3. The molecule has 7 nitrogen and oxygen atoms in total. The number of carbonyl (C=O) groups is 2. The number of hydrogen-bond donors (Lipinski definition) is 1. The molecule has 2 aromatic rings. The highest BCUT2D eigenvalue weighted by Crippen LogP contribution is 2.36. The van der Waals surface area contributed by atoms with Crippen LogP contribution >= 0.6 is 12.4 Å². The summed E-state index contributed by atoms with van der Waals surface area (Å²) in [5.41, 5.74) is 5.00. The summed E-state index contributed by atoms with van der Waals surface area (Å²) >= 11 is 0. The summed E-state index contributed by atoms with van der Waals surface area (Å²) in [7, 11) is 0.994. The minimum Gasteiger partial charge on any atom is -0.464 e. The molecule has 188 valence electrons. The lowest BCUT2D eigenvalue weighted by Crippen LogP contribution is -2.44. The van der Waals surface area contributed by atoms with Gasteiger partial charge in [0.15, 0.2) is 17.3 Å². The third kappa shape index (κ3) is 5.30. The van der Waals surface area contributed by atoms with Crippen LogP contribution in [0.15, 0.2) is 12.1 Å². The van der Waals surface area contributed by atoms with Crippen LogP contribution in [0.3, 0.4) is 0 Å². The van der Waals surface area contributed by atoms with Crippen molar-refractivity contribution in [2.45, 2.75) is 44.6 Å². The highest BCUT2D eigenvalue weighted by molar-refractivity contribution is 5.89. The molecule has 0 bridgehead atoms.